The standard InChI is InChI=1S/C17H19ClN5O5P/c18-12-2-1-3-13(6-12)28-14-7-26-29(24,27-8-14)11-25-5-4-23-10-22-15-16(19)20-9-21-17(15)23/h1-3,6,9-10,14H,4-5,7-8,11H2,(H2,19,20,21). The Kier molecular flexibility index (Phi) is 5.98. The van der Waals surface area contributed by atoms with Crippen LogP contribution in [0.15, 0.2) is 36.9 Å². The minimum Gasteiger partial charge on any atom is -0.486 e. The summed E-state index contributed by atoms with van der Waals surface area (Å²) >= 11 is 5.93. The maximum absolute atomic E-state index is 12.6. The van der Waals surface area contributed by atoms with Crippen LogP contribution in [0.4, 0.5) is 5.82 Å². The van der Waals surface area contributed by atoms with Gasteiger partial charge in [-0.15, -0.1) is 0 Å². The second-order valence-corrected chi connectivity index (χ2v) is 8.74. The molecule has 29 heavy (non-hydrogen) atoms. The first kappa shape index (κ1) is 20.1. The summed E-state index contributed by atoms with van der Waals surface area (Å²) in [6.45, 7) is 0.993. The molecule has 0 bridgehead atoms. The number of anilines is 1. The Morgan fingerprint density at radius 1 is 1.28 bits per heavy atom. The van der Waals surface area contributed by atoms with Gasteiger partial charge in [0.1, 0.15) is 30.0 Å². The Morgan fingerprint density at radius 3 is 2.90 bits per heavy atom. The largest absolute Gasteiger partial charge is 0.486 e. The van der Waals surface area contributed by atoms with Gasteiger partial charge >= 0.3 is 7.60 Å². The monoisotopic (exact) mass is 439 g/mol. The lowest BCUT2D eigenvalue weighted by atomic mass is 10.3. The van der Waals surface area contributed by atoms with Gasteiger partial charge in [-0.25, -0.2) is 15.0 Å². The van der Waals surface area contributed by atoms with Gasteiger partial charge in [0.15, 0.2) is 11.5 Å². The van der Waals surface area contributed by atoms with Gasteiger partial charge < -0.3 is 28.8 Å². The minimum atomic E-state index is -3.33. The average molecular weight is 440 g/mol. The molecule has 1 aliphatic heterocycles. The number of halogens is 1. The van der Waals surface area contributed by atoms with E-state index in [0.717, 1.165) is 0 Å². The molecule has 2 aromatic heterocycles. The number of rotatable bonds is 7. The van der Waals surface area contributed by atoms with Gasteiger partial charge in [-0.1, -0.05) is 17.7 Å². The molecule has 0 amide bonds. The lowest BCUT2D eigenvalue weighted by Crippen LogP contribution is -2.32. The zero-order chi connectivity index (χ0) is 20.3. The minimum absolute atomic E-state index is 0.134. The Bertz CT molecular complexity index is 1040. The van der Waals surface area contributed by atoms with E-state index in [0.29, 0.717) is 34.3 Å². The molecule has 1 aromatic carbocycles. The van der Waals surface area contributed by atoms with Gasteiger partial charge in [0.05, 0.1) is 26.1 Å². The zero-order valence-corrected chi connectivity index (χ0v) is 17.0. The molecule has 4 rings (SSSR count). The lowest BCUT2D eigenvalue weighted by Gasteiger charge is -2.29. The Hall–Kier alpha value is -2.23. The van der Waals surface area contributed by atoms with E-state index in [9.17, 15) is 4.57 Å². The highest BCUT2D eigenvalue weighted by atomic mass is 35.5. The molecule has 0 atom stereocenters. The van der Waals surface area contributed by atoms with Gasteiger partial charge in [0, 0.05) is 11.6 Å². The first-order valence-electron chi connectivity index (χ1n) is 8.82. The predicted octanol–water partition coefficient (Wildman–Crippen LogP) is 2.72. The molecule has 1 saturated heterocycles. The number of hydrogen-bond donors (Lipinski definition) is 1. The molecule has 3 heterocycles. The number of ether oxygens (including phenoxy) is 2. The first-order valence-corrected chi connectivity index (χ1v) is 10.9. The topological polar surface area (TPSA) is 124 Å². The summed E-state index contributed by atoms with van der Waals surface area (Å²) in [4.78, 5) is 12.2. The molecule has 0 radical (unpaired) electrons. The van der Waals surface area contributed by atoms with Crippen molar-refractivity contribution in [1.82, 2.24) is 19.5 Å². The first-order chi connectivity index (χ1) is 14.0. The van der Waals surface area contributed by atoms with Crippen molar-refractivity contribution < 1.29 is 23.1 Å². The number of fused-ring (bicyclic) bond motifs is 1. The molecular weight excluding hydrogens is 421 g/mol. The number of nitrogens with two attached hydrogens (primary N) is 1. The highest BCUT2D eigenvalue weighted by Crippen LogP contribution is 2.50. The molecule has 1 fully saturated rings. The van der Waals surface area contributed by atoms with Crippen LogP contribution in [0.2, 0.25) is 5.02 Å². The van der Waals surface area contributed by atoms with Gasteiger partial charge in [0.25, 0.3) is 0 Å². The third-order valence-corrected chi connectivity index (χ3v) is 5.99. The summed E-state index contributed by atoms with van der Waals surface area (Å²) in [5, 5.41) is 0.569. The van der Waals surface area contributed by atoms with Crippen molar-refractivity contribution in [3.8, 4) is 5.75 Å². The second-order valence-electron chi connectivity index (χ2n) is 6.31. The molecule has 0 saturated carbocycles. The molecule has 12 heteroatoms. The molecule has 0 aliphatic carbocycles. The molecule has 0 spiro atoms. The van der Waals surface area contributed by atoms with Crippen molar-refractivity contribution in [3.63, 3.8) is 0 Å². The Labute approximate surface area is 171 Å². The predicted molar refractivity (Wildman–Crippen MR) is 106 cm³/mol. The fourth-order valence-corrected chi connectivity index (χ4v) is 4.30. The van der Waals surface area contributed by atoms with Crippen molar-refractivity contribution in [2.45, 2.75) is 12.6 Å². The normalized spacial score (nSPS) is 22.0. The van der Waals surface area contributed by atoms with Crippen LogP contribution in [0.3, 0.4) is 0 Å². The number of nitrogens with zero attached hydrogens (tertiary/aromatic N) is 4. The lowest BCUT2D eigenvalue weighted by molar-refractivity contribution is 0.0188. The Balaban J connectivity index is 1.23. The quantitative estimate of drug-likeness (QED) is 0.437. The third-order valence-electron chi connectivity index (χ3n) is 4.17. The van der Waals surface area contributed by atoms with Gasteiger partial charge in [0.2, 0.25) is 0 Å². The van der Waals surface area contributed by atoms with E-state index in [1.807, 2.05) is 0 Å². The van der Waals surface area contributed by atoms with Crippen molar-refractivity contribution in [2.75, 3.05) is 31.9 Å². The number of aromatic nitrogens is 4. The van der Waals surface area contributed by atoms with E-state index in [-0.39, 0.29) is 32.3 Å². The zero-order valence-electron chi connectivity index (χ0n) is 15.3. The summed E-state index contributed by atoms with van der Waals surface area (Å²) < 4.78 is 36.4. The number of imidazole rings is 1. The number of benzene rings is 1. The third kappa shape index (κ3) is 4.85. The van der Waals surface area contributed by atoms with Gasteiger partial charge in [-0.05, 0) is 18.2 Å². The maximum atomic E-state index is 12.6. The van der Waals surface area contributed by atoms with Gasteiger partial charge in [-0.2, -0.15) is 0 Å². The fourth-order valence-electron chi connectivity index (χ4n) is 2.76. The second kappa shape index (κ2) is 8.64. The number of nitrogen functional groups attached to an aromatic ring is 1. The van der Waals surface area contributed by atoms with Gasteiger partial charge in [-0.3, -0.25) is 4.57 Å². The molecule has 2 N–H and O–H groups in total. The molecule has 1 aliphatic rings. The summed E-state index contributed by atoms with van der Waals surface area (Å²) in [5.74, 6) is 0.914. The van der Waals surface area contributed by atoms with Crippen LogP contribution in [0.1, 0.15) is 0 Å². The SMILES string of the molecule is Nc1ncnc2c1ncn2CCOCP1(=O)OCC(Oc2cccc(Cl)c2)CO1. The van der Waals surface area contributed by atoms with Crippen molar-refractivity contribution >= 4 is 36.2 Å². The maximum Gasteiger partial charge on any atom is 0.356 e. The molecular formula is C17H19ClN5O5P. The van der Waals surface area contributed by atoms with Crippen molar-refractivity contribution in [2.24, 2.45) is 0 Å². The van der Waals surface area contributed by atoms with Crippen molar-refractivity contribution in [1.29, 1.82) is 0 Å². The molecule has 0 unspecified atom stereocenters. The molecule has 10 nitrogen and oxygen atoms in total. The van der Waals surface area contributed by atoms with E-state index >= 15 is 0 Å². The van der Waals surface area contributed by atoms with Crippen LogP contribution in [0, 0.1) is 0 Å². The Morgan fingerprint density at radius 2 is 2.10 bits per heavy atom. The van der Waals surface area contributed by atoms with Crippen LogP contribution < -0.4 is 10.5 Å². The molecule has 3 aromatic rings. The van der Waals surface area contributed by atoms with Crippen LogP contribution in [-0.2, 0) is 24.9 Å². The van der Waals surface area contributed by atoms with Crippen LogP contribution in [-0.4, -0.2) is 51.8 Å². The summed E-state index contributed by atoms with van der Waals surface area (Å²) in [5.41, 5.74) is 6.90. The highest BCUT2D eigenvalue weighted by Gasteiger charge is 2.33. The summed E-state index contributed by atoms with van der Waals surface area (Å²) in [6, 6.07) is 7.01. The van der Waals surface area contributed by atoms with E-state index in [4.69, 9.17) is 35.9 Å². The summed E-state index contributed by atoms with van der Waals surface area (Å²) in [6.07, 6.45) is 2.45. The molecule has 154 valence electrons. The van der Waals surface area contributed by atoms with E-state index in [2.05, 4.69) is 15.0 Å². The number of hydrogen-bond acceptors (Lipinski definition) is 9. The van der Waals surface area contributed by atoms with E-state index < -0.39 is 7.60 Å². The fraction of sp³-hybridized carbons (Fsp3) is 0.353. The van der Waals surface area contributed by atoms with Crippen LogP contribution in [0.5, 0.6) is 5.75 Å². The van der Waals surface area contributed by atoms with Crippen molar-refractivity contribution in [3.05, 3.63) is 41.9 Å². The summed E-state index contributed by atoms with van der Waals surface area (Å²) in [7, 11) is -3.33. The van der Waals surface area contributed by atoms with Crippen LogP contribution >= 0.6 is 19.2 Å². The highest BCUT2D eigenvalue weighted by molar-refractivity contribution is 7.53. The van der Waals surface area contributed by atoms with E-state index in [1.54, 1.807) is 35.2 Å². The van der Waals surface area contributed by atoms with E-state index in [1.165, 1.54) is 6.33 Å². The van der Waals surface area contributed by atoms with Crippen LogP contribution in [0.25, 0.3) is 11.2 Å². The smallest absolute Gasteiger partial charge is 0.356 e. The average Bonchev–Trinajstić information content (AvgIpc) is 3.12.